The van der Waals surface area contributed by atoms with Gasteiger partial charge in [-0.1, -0.05) is 50.0 Å². The monoisotopic (exact) mass is 423 g/mol. The van der Waals surface area contributed by atoms with E-state index >= 15 is 0 Å². The average Bonchev–Trinajstić information content (AvgIpc) is 2.79. The van der Waals surface area contributed by atoms with Crippen molar-refractivity contribution < 1.29 is 0 Å². The van der Waals surface area contributed by atoms with Crippen molar-refractivity contribution in [1.82, 2.24) is 0 Å². The summed E-state index contributed by atoms with van der Waals surface area (Å²) in [5, 5.41) is 0. The Bertz CT molecular complexity index is 713. The quantitative estimate of drug-likeness (QED) is 0.290. The first-order valence-electron chi connectivity index (χ1n) is 12.1. The van der Waals surface area contributed by atoms with Crippen molar-refractivity contribution in [2.75, 3.05) is 54.0 Å². The second-order valence-electron chi connectivity index (χ2n) is 7.46. The summed E-state index contributed by atoms with van der Waals surface area (Å²) in [6, 6.07) is 4.71. The van der Waals surface area contributed by atoms with Gasteiger partial charge in [-0.15, -0.1) is 0 Å². The van der Waals surface area contributed by atoms with Gasteiger partial charge in [0.2, 0.25) is 0 Å². The molecule has 0 aliphatic carbocycles. The lowest BCUT2D eigenvalue weighted by molar-refractivity contribution is 0.815. The van der Waals surface area contributed by atoms with Crippen LogP contribution in [0.3, 0.4) is 0 Å². The molecule has 172 valence electrons. The first-order valence-corrected chi connectivity index (χ1v) is 12.1. The minimum atomic E-state index is 1.00. The van der Waals surface area contributed by atoms with Crippen molar-refractivity contribution in [2.24, 2.45) is 0 Å². The Balaban J connectivity index is 3.60. The molecule has 0 spiro atoms. The van der Waals surface area contributed by atoms with Gasteiger partial charge in [0, 0.05) is 39.3 Å². The van der Waals surface area contributed by atoms with Crippen LogP contribution in [0.5, 0.6) is 0 Å². The Morgan fingerprint density at radius 1 is 0.742 bits per heavy atom. The molecule has 0 aromatic heterocycles. The number of allylic oxidation sites excluding steroid dienone is 6. The maximum absolute atomic E-state index is 3.90. The van der Waals surface area contributed by atoms with E-state index in [4.69, 9.17) is 0 Å². The third-order valence-electron chi connectivity index (χ3n) is 5.74. The molecule has 3 nitrogen and oxygen atoms in total. The fraction of sp³-hybridized carbons (Fsp3) is 0.500. The van der Waals surface area contributed by atoms with Crippen molar-refractivity contribution in [3.63, 3.8) is 0 Å². The number of rotatable bonds is 14. The Hall–Kier alpha value is -2.42. The number of nitrogens with zero attached hydrogens (tertiary/aromatic N) is 3. The van der Waals surface area contributed by atoms with E-state index in [-0.39, 0.29) is 0 Å². The highest BCUT2D eigenvalue weighted by Gasteiger charge is 2.21. The zero-order valence-electron chi connectivity index (χ0n) is 21.1. The van der Waals surface area contributed by atoms with Gasteiger partial charge in [0.25, 0.3) is 0 Å². The van der Waals surface area contributed by atoms with Crippen LogP contribution < -0.4 is 14.7 Å². The largest absolute Gasteiger partial charge is 0.370 e. The maximum atomic E-state index is 3.90. The fourth-order valence-corrected chi connectivity index (χ4v) is 3.98. The molecular weight excluding hydrogens is 378 g/mol. The van der Waals surface area contributed by atoms with Crippen LogP contribution >= 0.6 is 0 Å². The van der Waals surface area contributed by atoms with Crippen molar-refractivity contribution in [3.05, 3.63) is 60.2 Å². The highest BCUT2D eigenvalue weighted by atomic mass is 15.2. The third-order valence-corrected chi connectivity index (χ3v) is 5.74. The molecule has 0 N–H and O–H groups in total. The number of benzene rings is 1. The van der Waals surface area contributed by atoms with Crippen LogP contribution in [-0.4, -0.2) is 39.3 Å². The van der Waals surface area contributed by atoms with Crippen molar-refractivity contribution >= 4 is 23.1 Å². The molecule has 0 aliphatic rings. The van der Waals surface area contributed by atoms with Crippen LogP contribution in [0, 0.1) is 0 Å². The lowest BCUT2D eigenvalue weighted by atomic mass is 10.1. The summed E-state index contributed by atoms with van der Waals surface area (Å²) in [5.41, 5.74) is 6.43. The first-order chi connectivity index (χ1) is 15.0. The molecule has 3 heteroatoms. The smallest absolute Gasteiger partial charge is 0.0841 e. The molecule has 1 aromatic rings. The molecule has 0 fully saturated rings. The van der Waals surface area contributed by atoms with Gasteiger partial charge >= 0.3 is 0 Å². The van der Waals surface area contributed by atoms with Gasteiger partial charge in [-0.05, 0) is 71.2 Å². The van der Waals surface area contributed by atoms with E-state index in [1.807, 2.05) is 6.08 Å². The lowest BCUT2D eigenvalue weighted by Crippen LogP contribution is -2.32. The molecule has 0 heterocycles. The molecule has 0 unspecified atom stereocenters. The predicted octanol–water partition coefficient (Wildman–Crippen LogP) is 7.32. The van der Waals surface area contributed by atoms with Gasteiger partial charge in [0.15, 0.2) is 0 Å². The van der Waals surface area contributed by atoms with Crippen molar-refractivity contribution in [1.29, 1.82) is 0 Å². The van der Waals surface area contributed by atoms with E-state index in [9.17, 15) is 0 Å². The Labute approximate surface area is 192 Å². The van der Waals surface area contributed by atoms with Gasteiger partial charge in [-0.2, -0.15) is 0 Å². The summed E-state index contributed by atoms with van der Waals surface area (Å²) < 4.78 is 0. The second-order valence-corrected chi connectivity index (χ2v) is 7.46. The fourth-order valence-electron chi connectivity index (χ4n) is 3.98. The summed E-state index contributed by atoms with van der Waals surface area (Å²) >= 11 is 0. The van der Waals surface area contributed by atoms with Crippen molar-refractivity contribution in [2.45, 2.75) is 54.9 Å². The normalized spacial score (nSPS) is 12.0. The van der Waals surface area contributed by atoms with E-state index in [1.165, 1.54) is 22.6 Å². The Morgan fingerprint density at radius 2 is 1.23 bits per heavy atom. The summed E-state index contributed by atoms with van der Waals surface area (Å²) in [5.74, 6) is 0. The zero-order valence-corrected chi connectivity index (χ0v) is 21.1. The van der Waals surface area contributed by atoms with Crippen LogP contribution in [0.4, 0.5) is 17.1 Å². The van der Waals surface area contributed by atoms with Gasteiger partial charge in [-0.25, -0.2) is 0 Å². The molecule has 1 rings (SSSR count). The van der Waals surface area contributed by atoms with Crippen LogP contribution in [0.25, 0.3) is 6.08 Å². The van der Waals surface area contributed by atoms with Crippen LogP contribution in [0.15, 0.2) is 54.7 Å². The topological polar surface area (TPSA) is 9.72 Å². The Kier molecular flexibility index (Phi) is 12.5. The molecule has 0 aliphatic heterocycles. The van der Waals surface area contributed by atoms with E-state index < -0.39 is 0 Å². The van der Waals surface area contributed by atoms with Gasteiger partial charge in [-0.3, -0.25) is 0 Å². The summed E-state index contributed by atoms with van der Waals surface area (Å²) in [6.45, 7) is 25.5. The molecule has 0 saturated heterocycles. The first kappa shape index (κ1) is 26.6. The Morgan fingerprint density at radius 3 is 1.61 bits per heavy atom. The SMILES string of the molecule is C=CC(/C=C/C=C/c1cc(N(CC)CC)c(N(CC)CC)c(N(CC)CC)c1)=C\CC. The van der Waals surface area contributed by atoms with Gasteiger partial charge in [0.1, 0.15) is 0 Å². The van der Waals surface area contributed by atoms with Gasteiger partial charge < -0.3 is 14.7 Å². The second kappa shape index (κ2) is 14.6. The van der Waals surface area contributed by atoms with Crippen LogP contribution in [0.2, 0.25) is 0 Å². The van der Waals surface area contributed by atoms with Gasteiger partial charge in [0.05, 0.1) is 17.1 Å². The minimum absolute atomic E-state index is 1.00. The third kappa shape index (κ3) is 7.34. The summed E-state index contributed by atoms with van der Waals surface area (Å²) in [7, 11) is 0. The average molecular weight is 424 g/mol. The number of anilines is 3. The van der Waals surface area contributed by atoms with Crippen LogP contribution in [-0.2, 0) is 0 Å². The molecule has 0 bridgehead atoms. The van der Waals surface area contributed by atoms with E-state index in [0.717, 1.165) is 51.3 Å². The molecule has 31 heavy (non-hydrogen) atoms. The molecule has 1 aromatic carbocycles. The number of hydrogen-bond donors (Lipinski definition) is 0. The highest BCUT2D eigenvalue weighted by Crippen LogP contribution is 2.40. The maximum Gasteiger partial charge on any atom is 0.0841 e. The van der Waals surface area contributed by atoms with E-state index in [0.29, 0.717) is 0 Å². The lowest BCUT2D eigenvalue weighted by Gasteiger charge is -2.36. The highest BCUT2D eigenvalue weighted by molar-refractivity contribution is 5.88. The molecule has 0 saturated carbocycles. The molecule has 0 atom stereocenters. The predicted molar refractivity (Wildman–Crippen MR) is 144 cm³/mol. The summed E-state index contributed by atoms with van der Waals surface area (Å²) in [4.78, 5) is 7.46. The molecule has 0 radical (unpaired) electrons. The van der Waals surface area contributed by atoms with E-state index in [1.54, 1.807) is 0 Å². The molecular formula is C28H45N3. The molecule has 0 amide bonds. The van der Waals surface area contributed by atoms with E-state index in [2.05, 4.69) is 112 Å². The standard InChI is InChI=1S/C28H45N3/c1-9-19-24(10-2)20-17-18-21-25-22-26(29(11-3)12-4)28(31(15-7)16-8)27(23-25)30(13-5)14-6/h10,17-23H,2,9,11-16H2,1,3-8H3/b20-17+,21-18+,24-19+. The number of hydrogen-bond acceptors (Lipinski definition) is 3. The zero-order chi connectivity index (χ0) is 23.2. The minimum Gasteiger partial charge on any atom is -0.370 e. The summed E-state index contributed by atoms with van der Waals surface area (Å²) in [6.07, 6.45) is 13.7. The van der Waals surface area contributed by atoms with Crippen molar-refractivity contribution in [3.8, 4) is 0 Å². The van der Waals surface area contributed by atoms with Crippen LogP contribution in [0.1, 0.15) is 60.5 Å².